The van der Waals surface area contributed by atoms with Crippen LogP contribution in [0.2, 0.25) is 0 Å². The monoisotopic (exact) mass is 1090 g/mol. The minimum absolute atomic E-state index is 0.0498. The van der Waals surface area contributed by atoms with Crippen molar-refractivity contribution in [3.8, 4) is 0 Å². The van der Waals surface area contributed by atoms with Gasteiger partial charge in [0.05, 0.1) is 31.3 Å². The van der Waals surface area contributed by atoms with Crippen LogP contribution in [0.3, 0.4) is 0 Å². The highest BCUT2D eigenvalue weighted by molar-refractivity contribution is 5.78. The molecule has 0 spiro atoms. The van der Waals surface area contributed by atoms with Crippen molar-refractivity contribution in [1.29, 1.82) is 0 Å². The van der Waals surface area contributed by atoms with Crippen molar-refractivity contribution in [3.63, 3.8) is 0 Å². The van der Waals surface area contributed by atoms with Gasteiger partial charge in [-0.25, -0.2) is 0 Å². The summed E-state index contributed by atoms with van der Waals surface area (Å²) in [5, 5.41) is 0. The van der Waals surface area contributed by atoms with Gasteiger partial charge < -0.3 is 56.8 Å². The first-order valence-corrected chi connectivity index (χ1v) is 27.4. The highest BCUT2D eigenvalue weighted by Gasteiger charge is 2.71. The Morgan fingerprint density at radius 3 is 1.70 bits per heavy atom. The zero-order chi connectivity index (χ0) is 57.0. The van der Waals surface area contributed by atoms with Gasteiger partial charge in [-0.2, -0.15) is 0 Å². The fourth-order valence-corrected chi connectivity index (χ4v) is 15.8. The molecule has 4 saturated carbocycles. The molecule has 2 saturated heterocycles. The number of methoxy groups -OCH3 is 1. The SMILES string of the molecule is COC(=O)[C@]12CCC(C)(C)C[C@H]1C1=CC[C@@H]3[C@@]4(C)CC[C@H](O[C@@H]5O[C@H](COC(C)=O)[C@@H](OC(C)=O)[C@H](OC(C)=O)[C@H]5O[C@@H]5O[C@@H](C)[C@H](OC(C)=O)[C@@H](OC(C)=O)[C@H]5OC(C)=O)[C@@](C)(COC(C)=O)[C@@H]4CC[C@@]3(C)[C@]1(C)CC2. The number of carbonyl (C=O) groups excluding carboxylic acids is 8. The molecule has 7 rings (SSSR count). The second-order valence-corrected chi connectivity index (χ2v) is 24.8. The number of esters is 8. The van der Waals surface area contributed by atoms with Crippen molar-refractivity contribution < 1.29 is 95.2 Å². The Morgan fingerprint density at radius 2 is 1.12 bits per heavy atom. The summed E-state index contributed by atoms with van der Waals surface area (Å²) >= 11 is 0. The molecule has 0 radical (unpaired) electrons. The lowest BCUT2D eigenvalue weighted by Crippen LogP contribution is -2.68. The van der Waals surface area contributed by atoms with Crippen LogP contribution in [0.5, 0.6) is 0 Å². The van der Waals surface area contributed by atoms with Crippen molar-refractivity contribution in [1.82, 2.24) is 0 Å². The van der Waals surface area contributed by atoms with Crippen LogP contribution in [0.15, 0.2) is 11.6 Å². The lowest BCUT2D eigenvalue weighted by molar-refractivity contribution is -0.378. The van der Waals surface area contributed by atoms with E-state index in [9.17, 15) is 38.4 Å². The van der Waals surface area contributed by atoms with Gasteiger partial charge in [0, 0.05) is 53.9 Å². The Labute approximate surface area is 452 Å². The lowest BCUT2D eigenvalue weighted by Gasteiger charge is -2.71. The first-order valence-electron chi connectivity index (χ1n) is 27.4. The van der Waals surface area contributed by atoms with Crippen molar-refractivity contribution in [2.24, 2.45) is 50.2 Å². The maximum Gasteiger partial charge on any atom is 0.312 e. The molecule has 77 heavy (non-hydrogen) atoms. The Morgan fingerprint density at radius 1 is 0.571 bits per heavy atom. The van der Waals surface area contributed by atoms with E-state index in [0.29, 0.717) is 12.8 Å². The Hall–Kier alpha value is -4.66. The summed E-state index contributed by atoms with van der Waals surface area (Å²) in [5.74, 6) is -5.26. The number of carbonyl (C=O) groups is 8. The average Bonchev–Trinajstić information content (AvgIpc) is 3.39. The zero-order valence-corrected chi connectivity index (χ0v) is 47.8. The predicted octanol–water partition coefficient (Wildman–Crippen LogP) is 6.97. The quantitative estimate of drug-likeness (QED) is 0.0737. The van der Waals surface area contributed by atoms with Crippen molar-refractivity contribution in [2.45, 2.75) is 229 Å². The predicted molar refractivity (Wildman–Crippen MR) is 269 cm³/mol. The number of ether oxygens (including phenoxy) is 12. The maximum atomic E-state index is 13.9. The number of hydrogen-bond donors (Lipinski definition) is 0. The Bertz CT molecular complexity index is 2330. The van der Waals surface area contributed by atoms with Gasteiger partial charge in [-0.15, -0.1) is 0 Å². The fraction of sp³-hybridized carbons (Fsp3) is 0.825. The van der Waals surface area contributed by atoms with E-state index in [2.05, 4.69) is 40.7 Å². The fourth-order valence-electron chi connectivity index (χ4n) is 15.8. The molecule has 20 heteroatoms. The molecule has 19 atom stereocenters. The molecule has 5 aliphatic carbocycles. The van der Waals surface area contributed by atoms with Crippen molar-refractivity contribution in [2.75, 3.05) is 20.3 Å². The summed E-state index contributed by atoms with van der Waals surface area (Å²) in [6.07, 6.45) is -5.48. The maximum absolute atomic E-state index is 13.9. The molecule has 0 bridgehead atoms. The van der Waals surface area contributed by atoms with Crippen molar-refractivity contribution in [3.05, 3.63) is 11.6 Å². The lowest BCUT2D eigenvalue weighted by atomic mass is 9.33. The molecule has 2 heterocycles. The van der Waals surface area contributed by atoms with Crippen LogP contribution in [-0.2, 0) is 95.2 Å². The molecule has 0 aromatic carbocycles. The third kappa shape index (κ3) is 11.4. The summed E-state index contributed by atoms with van der Waals surface area (Å²) < 4.78 is 72.9. The Balaban J connectivity index is 1.31. The van der Waals surface area contributed by atoms with E-state index >= 15 is 0 Å². The van der Waals surface area contributed by atoms with E-state index in [4.69, 9.17) is 56.8 Å². The molecule has 0 amide bonds. The highest BCUT2D eigenvalue weighted by atomic mass is 16.8. The van der Waals surface area contributed by atoms with Gasteiger partial charge in [0.25, 0.3) is 0 Å². The van der Waals surface area contributed by atoms with E-state index in [-0.39, 0.29) is 52.0 Å². The molecule has 0 N–H and O–H groups in total. The van der Waals surface area contributed by atoms with Crippen molar-refractivity contribution >= 4 is 47.8 Å². The van der Waals surface area contributed by atoms with Gasteiger partial charge >= 0.3 is 47.8 Å². The van der Waals surface area contributed by atoms with Gasteiger partial charge in [0.15, 0.2) is 49.2 Å². The Kier molecular flexibility index (Phi) is 17.5. The van der Waals surface area contributed by atoms with Gasteiger partial charge in [-0.05, 0) is 111 Å². The zero-order valence-electron chi connectivity index (χ0n) is 47.8. The van der Waals surface area contributed by atoms with Gasteiger partial charge in [0.1, 0.15) is 12.7 Å². The summed E-state index contributed by atoms with van der Waals surface area (Å²) in [5.41, 5.74) is -0.812. The molecular weight excluding hydrogens is 1000 g/mol. The first kappa shape index (κ1) is 60.0. The summed E-state index contributed by atoms with van der Waals surface area (Å²) in [6, 6.07) is 0. The number of fused-ring (bicyclic) bond motifs is 7. The van der Waals surface area contributed by atoms with Gasteiger partial charge in [0.2, 0.25) is 0 Å². The third-order valence-electron chi connectivity index (χ3n) is 19.4. The number of allylic oxidation sites excluding steroid dienone is 2. The minimum atomic E-state index is -1.69. The minimum Gasteiger partial charge on any atom is -0.469 e. The first-order chi connectivity index (χ1) is 35.9. The molecule has 7 aliphatic rings. The molecule has 20 nitrogen and oxygen atoms in total. The van der Waals surface area contributed by atoms with E-state index in [1.807, 2.05) is 6.92 Å². The molecular formula is C57H84O20. The normalized spacial score (nSPS) is 41.9. The molecule has 6 fully saturated rings. The highest BCUT2D eigenvalue weighted by Crippen LogP contribution is 2.76. The summed E-state index contributed by atoms with van der Waals surface area (Å²) in [7, 11) is 1.51. The van der Waals surface area contributed by atoms with Crippen LogP contribution in [0, 0.1) is 50.2 Å². The van der Waals surface area contributed by atoms with E-state index in [0.717, 1.165) is 86.0 Å². The second kappa shape index (κ2) is 22.5. The summed E-state index contributed by atoms with van der Waals surface area (Å²) in [4.78, 5) is 103. The molecule has 0 aromatic heterocycles. The largest absolute Gasteiger partial charge is 0.469 e. The van der Waals surface area contributed by atoms with Crippen LogP contribution in [0.1, 0.15) is 161 Å². The van der Waals surface area contributed by atoms with Crippen LogP contribution < -0.4 is 0 Å². The standard InChI is InChI=1S/C57H84O20/c1-29-43(70-32(4)60)45(72-34(6)62)47(74-36(8)64)49(69-29)77-48-46(73-35(7)63)44(71-33(5)61)39(27-67-30(2)58)75-50(48)76-42-19-20-53(11)40(54(42,12)28-68-31(3)59)18-21-56(14)41(53)17-16-37-38-26-52(9,10)22-24-57(38,51(65)66-15)25-23-55(37,56)13/h16,29,38-50H,17-28H2,1-15H3/t29-,38-,39+,40+,41+,42-,43-,44+,45+,46-,47+,48+,49-,50-,53-,54-,55+,56+,57-/m0/s1. The van der Waals surface area contributed by atoms with Crippen LogP contribution in [0.25, 0.3) is 0 Å². The van der Waals surface area contributed by atoms with E-state index in [1.165, 1.54) is 33.5 Å². The van der Waals surface area contributed by atoms with Crippen LogP contribution in [-0.4, -0.2) is 136 Å². The molecule has 0 unspecified atom stereocenters. The second-order valence-electron chi connectivity index (χ2n) is 24.8. The van der Waals surface area contributed by atoms with E-state index in [1.54, 1.807) is 0 Å². The summed E-state index contributed by atoms with van der Waals surface area (Å²) in [6.45, 7) is 23.0. The van der Waals surface area contributed by atoms with Crippen LogP contribution >= 0.6 is 0 Å². The van der Waals surface area contributed by atoms with Gasteiger partial charge in [-0.3, -0.25) is 38.4 Å². The molecule has 0 aromatic rings. The topological polar surface area (TPSA) is 247 Å². The van der Waals surface area contributed by atoms with Crippen LogP contribution in [0.4, 0.5) is 0 Å². The average molecular weight is 1090 g/mol. The third-order valence-corrected chi connectivity index (χ3v) is 19.4. The van der Waals surface area contributed by atoms with Gasteiger partial charge in [-0.1, -0.05) is 53.2 Å². The smallest absolute Gasteiger partial charge is 0.312 e. The number of hydrogen-bond acceptors (Lipinski definition) is 20. The molecule has 2 aliphatic heterocycles. The molecule has 432 valence electrons. The van der Waals surface area contributed by atoms with E-state index < -0.39 is 127 Å². The number of rotatable bonds is 14.